The SMILES string of the molecule is O=S(=O)(Nc1ccc(N2CCCC2)cc1)c1ccc(Cl)c(Cl)c1. The van der Waals surface area contributed by atoms with Gasteiger partial charge in [0.15, 0.2) is 0 Å². The summed E-state index contributed by atoms with van der Waals surface area (Å²) in [6.45, 7) is 2.10. The number of nitrogens with one attached hydrogen (secondary N) is 1. The van der Waals surface area contributed by atoms with Gasteiger partial charge < -0.3 is 4.90 Å². The standard InChI is InChI=1S/C16H16Cl2N2O2S/c17-15-8-7-14(11-16(15)18)23(21,22)19-12-3-5-13(6-4-12)20-9-1-2-10-20/h3-8,11,19H,1-2,9-10H2. The smallest absolute Gasteiger partial charge is 0.261 e. The molecule has 1 saturated heterocycles. The van der Waals surface area contributed by atoms with Gasteiger partial charge in [-0.25, -0.2) is 8.42 Å². The lowest BCUT2D eigenvalue weighted by Crippen LogP contribution is -2.17. The second kappa shape index (κ2) is 6.59. The molecule has 0 bridgehead atoms. The highest BCUT2D eigenvalue weighted by molar-refractivity contribution is 7.92. The first-order chi connectivity index (χ1) is 11.0. The van der Waals surface area contributed by atoms with Crippen LogP contribution in [0.4, 0.5) is 11.4 Å². The van der Waals surface area contributed by atoms with Crippen LogP contribution in [0.5, 0.6) is 0 Å². The fraction of sp³-hybridized carbons (Fsp3) is 0.250. The maximum atomic E-state index is 12.4. The third-order valence-corrected chi connectivity index (χ3v) is 5.91. The quantitative estimate of drug-likeness (QED) is 0.867. The Kier molecular flexibility index (Phi) is 4.71. The van der Waals surface area contributed by atoms with E-state index in [0.717, 1.165) is 18.8 Å². The number of hydrogen-bond donors (Lipinski definition) is 1. The Morgan fingerprint density at radius 1 is 0.913 bits per heavy atom. The molecule has 4 nitrogen and oxygen atoms in total. The van der Waals surface area contributed by atoms with Crippen molar-refractivity contribution in [3.63, 3.8) is 0 Å². The number of sulfonamides is 1. The largest absolute Gasteiger partial charge is 0.372 e. The molecule has 1 aliphatic heterocycles. The fourth-order valence-corrected chi connectivity index (χ4v) is 4.02. The highest BCUT2D eigenvalue weighted by atomic mass is 35.5. The van der Waals surface area contributed by atoms with Crippen molar-refractivity contribution in [1.29, 1.82) is 0 Å². The van der Waals surface area contributed by atoms with Gasteiger partial charge in [0.2, 0.25) is 0 Å². The summed E-state index contributed by atoms with van der Waals surface area (Å²) in [6, 6.07) is 11.6. The maximum absolute atomic E-state index is 12.4. The van der Waals surface area contributed by atoms with Crippen LogP contribution in [0.3, 0.4) is 0 Å². The van der Waals surface area contributed by atoms with E-state index in [1.54, 1.807) is 12.1 Å². The first kappa shape index (κ1) is 16.4. The summed E-state index contributed by atoms with van der Waals surface area (Å²) in [6.07, 6.45) is 2.40. The monoisotopic (exact) mass is 370 g/mol. The summed E-state index contributed by atoms with van der Waals surface area (Å²) in [7, 11) is -3.69. The number of rotatable bonds is 4. The normalized spacial score (nSPS) is 15.0. The molecule has 0 amide bonds. The molecule has 0 radical (unpaired) electrons. The van der Waals surface area contributed by atoms with Crippen LogP contribution in [-0.2, 0) is 10.0 Å². The van der Waals surface area contributed by atoms with E-state index < -0.39 is 10.0 Å². The molecule has 2 aromatic carbocycles. The number of halogens is 2. The van der Waals surface area contributed by atoms with Gasteiger partial charge in [0.1, 0.15) is 0 Å². The molecule has 3 rings (SSSR count). The molecule has 23 heavy (non-hydrogen) atoms. The molecule has 0 spiro atoms. The van der Waals surface area contributed by atoms with Crippen LogP contribution in [0.2, 0.25) is 10.0 Å². The number of hydrogen-bond acceptors (Lipinski definition) is 3. The Morgan fingerprint density at radius 3 is 2.17 bits per heavy atom. The molecular weight excluding hydrogens is 355 g/mol. The fourth-order valence-electron chi connectivity index (χ4n) is 2.57. The lowest BCUT2D eigenvalue weighted by Gasteiger charge is -2.18. The number of nitrogens with zero attached hydrogens (tertiary/aromatic N) is 1. The third kappa shape index (κ3) is 3.74. The third-order valence-electron chi connectivity index (χ3n) is 3.79. The summed E-state index contributed by atoms with van der Waals surface area (Å²) in [5.74, 6) is 0. The average molecular weight is 371 g/mol. The Bertz CT molecular complexity index is 801. The molecule has 1 heterocycles. The van der Waals surface area contributed by atoms with Crippen molar-refractivity contribution >= 4 is 44.6 Å². The van der Waals surface area contributed by atoms with E-state index in [0.29, 0.717) is 10.7 Å². The van der Waals surface area contributed by atoms with Gasteiger partial charge in [0, 0.05) is 24.5 Å². The molecule has 1 N–H and O–H groups in total. The van der Waals surface area contributed by atoms with Crippen molar-refractivity contribution in [1.82, 2.24) is 0 Å². The van der Waals surface area contributed by atoms with Gasteiger partial charge in [-0.15, -0.1) is 0 Å². The van der Waals surface area contributed by atoms with E-state index >= 15 is 0 Å². The average Bonchev–Trinajstić information content (AvgIpc) is 3.04. The molecule has 0 unspecified atom stereocenters. The van der Waals surface area contributed by atoms with E-state index in [-0.39, 0.29) is 9.92 Å². The Morgan fingerprint density at radius 2 is 1.57 bits per heavy atom. The minimum Gasteiger partial charge on any atom is -0.372 e. The lowest BCUT2D eigenvalue weighted by atomic mass is 10.2. The predicted octanol–water partition coefficient (Wildman–Crippen LogP) is 4.39. The van der Waals surface area contributed by atoms with Crippen LogP contribution in [0.15, 0.2) is 47.4 Å². The highest BCUT2D eigenvalue weighted by Crippen LogP contribution is 2.27. The van der Waals surface area contributed by atoms with E-state index in [4.69, 9.17) is 23.2 Å². The molecule has 0 saturated carbocycles. The Balaban J connectivity index is 1.78. The van der Waals surface area contributed by atoms with Crippen molar-refractivity contribution < 1.29 is 8.42 Å². The summed E-state index contributed by atoms with van der Waals surface area (Å²) in [5, 5.41) is 0.527. The van der Waals surface area contributed by atoms with Crippen molar-refractivity contribution in [2.45, 2.75) is 17.7 Å². The molecule has 1 fully saturated rings. The second-order valence-electron chi connectivity index (χ2n) is 5.42. The molecular formula is C16H16Cl2N2O2S. The first-order valence-corrected chi connectivity index (χ1v) is 9.52. The predicted molar refractivity (Wildman–Crippen MR) is 95.2 cm³/mol. The number of anilines is 2. The van der Waals surface area contributed by atoms with E-state index in [2.05, 4.69) is 9.62 Å². The van der Waals surface area contributed by atoms with Crippen molar-refractivity contribution in [3.05, 3.63) is 52.5 Å². The summed E-state index contributed by atoms with van der Waals surface area (Å²) in [5.41, 5.74) is 1.62. The number of benzene rings is 2. The van der Waals surface area contributed by atoms with Gasteiger partial charge >= 0.3 is 0 Å². The summed E-state index contributed by atoms with van der Waals surface area (Å²) < 4.78 is 27.3. The van der Waals surface area contributed by atoms with E-state index in [9.17, 15) is 8.42 Å². The molecule has 7 heteroatoms. The first-order valence-electron chi connectivity index (χ1n) is 7.29. The Hall–Kier alpha value is -1.43. The van der Waals surface area contributed by atoms with Crippen molar-refractivity contribution in [2.75, 3.05) is 22.7 Å². The van der Waals surface area contributed by atoms with Gasteiger partial charge in [-0.2, -0.15) is 0 Å². The maximum Gasteiger partial charge on any atom is 0.261 e. The zero-order valence-corrected chi connectivity index (χ0v) is 14.6. The lowest BCUT2D eigenvalue weighted by molar-refractivity contribution is 0.601. The highest BCUT2D eigenvalue weighted by Gasteiger charge is 2.16. The molecule has 122 valence electrons. The summed E-state index contributed by atoms with van der Waals surface area (Å²) >= 11 is 11.7. The topological polar surface area (TPSA) is 49.4 Å². The summed E-state index contributed by atoms with van der Waals surface area (Å²) in [4.78, 5) is 2.37. The molecule has 0 aliphatic carbocycles. The van der Waals surface area contributed by atoms with Gasteiger partial charge in [0.05, 0.1) is 14.9 Å². The van der Waals surface area contributed by atoms with Crippen LogP contribution in [0.1, 0.15) is 12.8 Å². The minimum atomic E-state index is -3.69. The van der Waals surface area contributed by atoms with Gasteiger partial charge in [-0.1, -0.05) is 23.2 Å². The van der Waals surface area contributed by atoms with Crippen LogP contribution in [0, 0.1) is 0 Å². The molecule has 0 atom stereocenters. The second-order valence-corrected chi connectivity index (χ2v) is 7.92. The van der Waals surface area contributed by atoms with Crippen molar-refractivity contribution in [2.24, 2.45) is 0 Å². The van der Waals surface area contributed by atoms with Crippen LogP contribution < -0.4 is 9.62 Å². The molecule has 0 aromatic heterocycles. The molecule has 2 aromatic rings. The minimum absolute atomic E-state index is 0.0792. The van der Waals surface area contributed by atoms with E-state index in [1.807, 2.05) is 12.1 Å². The van der Waals surface area contributed by atoms with E-state index in [1.165, 1.54) is 31.0 Å². The van der Waals surface area contributed by atoms with Crippen LogP contribution in [0.25, 0.3) is 0 Å². The van der Waals surface area contributed by atoms with Gasteiger partial charge in [-0.3, -0.25) is 4.72 Å². The molecule has 1 aliphatic rings. The van der Waals surface area contributed by atoms with Gasteiger partial charge in [0.25, 0.3) is 10.0 Å². The van der Waals surface area contributed by atoms with Gasteiger partial charge in [-0.05, 0) is 55.3 Å². The Labute approximate surface area is 146 Å². The zero-order chi connectivity index (χ0) is 16.4. The van der Waals surface area contributed by atoms with Crippen LogP contribution in [-0.4, -0.2) is 21.5 Å². The zero-order valence-electron chi connectivity index (χ0n) is 12.3. The van der Waals surface area contributed by atoms with Crippen LogP contribution >= 0.6 is 23.2 Å². The van der Waals surface area contributed by atoms with Crippen molar-refractivity contribution in [3.8, 4) is 0 Å².